The van der Waals surface area contributed by atoms with E-state index in [2.05, 4.69) is 10.9 Å². The van der Waals surface area contributed by atoms with Crippen LogP contribution in [0.15, 0.2) is 156 Å². The minimum absolute atomic E-state index is 0.692. The molecule has 5 aromatic carbocycles. The Labute approximate surface area is 267 Å². The number of rotatable bonds is 6. The van der Waals surface area contributed by atoms with E-state index in [1.807, 2.05) is 165 Å². The van der Waals surface area contributed by atoms with Crippen LogP contribution in [0, 0.1) is 0 Å². The van der Waals surface area contributed by atoms with Gasteiger partial charge in [-0.25, -0.2) is 10.9 Å². The lowest BCUT2D eigenvalue weighted by atomic mass is 10.1. The third kappa shape index (κ3) is 5.64. The summed E-state index contributed by atoms with van der Waals surface area (Å²) >= 11 is 12.0. The maximum atomic E-state index is 6.02. The molecule has 8 nitrogen and oxygen atoms in total. The average molecular weight is 649 g/mol. The van der Waals surface area contributed by atoms with E-state index in [9.17, 15) is 0 Å². The summed E-state index contributed by atoms with van der Waals surface area (Å²) in [6, 6.07) is 48.4. The molecular weight excluding hydrogens is 622 g/mol. The SMILES string of the molecule is S=[P+]1N(c2ccccc2)N=C(c2ccc(C3=NN(c4ccccc4)[P+](=S)N(c4ccccc4)N3)cc2)NN1c1ccccc1. The second-order valence-corrected chi connectivity index (χ2v) is 14.3. The third-order valence-electron chi connectivity index (χ3n) is 6.89. The molecule has 7 rings (SSSR count). The van der Waals surface area contributed by atoms with Crippen molar-refractivity contribution >= 4 is 72.0 Å². The second-order valence-electron chi connectivity index (χ2n) is 9.75. The maximum absolute atomic E-state index is 6.02. The van der Waals surface area contributed by atoms with Crippen LogP contribution >= 0.6 is 14.0 Å². The zero-order chi connectivity index (χ0) is 29.9. The molecule has 44 heavy (non-hydrogen) atoms. The van der Waals surface area contributed by atoms with Gasteiger partial charge in [-0.1, -0.05) is 107 Å². The lowest BCUT2D eigenvalue weighted by Gasteiger charge is -2.27. The van der Waals surface area contributed by atoms with E-state index in [1.165, 1.54) is 0 Å². The summed E-state index contributed by atoms with van der Waals surface area (Å²) in [5, 5.41) is 9.97. The first kappa shape index (κ1) is 28.1. The van der Waals surface area contributed by atoms with E-state index in [-0.39, 0.29) is 0 Å². The lowest BCUT2D eigenvalue weighted by molar-refractivity contribution is 0.943. The van der Waals surface area contributed by atoms with Crippen molar-refractivity contribution in [2.45, 2.75) is 0 Å². The van der Waals surface area contributed by atoms with Crippen molar-refractivity contribution in [2.75, 3.05) is 19.1 Å². The normalized spacial score (nSPS) is 16.5. The van der Waals surface area contributed by atoms with Crippen LogP contribution < -0.4 is 30.0 Å². The molecular formula is C32H26N8P2S2+2. The first-order valence-electron chi connectivity index (χ1n) is 13.8. The van der Waals surface area contributed by atoms with Gasteiger partial charge in [0.05, 0.1) is 0 Å². The van der Waals surface area contributed by atoms with Crippen LogP contribution in [0.1, 0.15) is 11.1 Å². The molecule has 0 radical (unpaired) electrons. The molecule has 0 saturated heterocycles. The highest BCUT2D eigenvalue weighted by molar-refractivity contribution is 8.06. The molecule has 2 aliphatic rings. The summed E-state index contributed by atoms with van der Waals surface area (Å²) in [5.41, 5.74) is 12.6. The molecule has 0 aromatic heterocycles. The Hall–Kier alpha value is -4.72. The Morgan fingerprint density at radius 2 is 0.705 bits per heavy atom. The molecule has 0 bridgehead atoms. The molecule has 2 aliphatic heterocycles. The van der Waals surface area contributed by atoms with E-state index in [4.69, 9.17) is 33.8 Å². The quantitative estimate of drug-likeness (QED) is 0.183. The Balaban J connectivity index is 1.24. The van der Waals surface area contributed by atoms with Crippen molar-refractivity contribution < 1.29 is 0 Å². The van der Waals surface area contributed by atoms with E-state index in [0.717, 1.165) is 33.9 Å². The van der Waals surface area contributed by atoms with Crippen molar-refractivity contribution in [1.82, 2.24) is 10.9 Å². The number of hydrogen-bond donors (Lipinski definition) is 2. The van der Waals surface area contributed by atoms with Crippen LogP contribution in [0.5, 0.6) is 0 Å². The van der Waals surface area contributed by atoms with Crippen LogP contribution in [0.3, 0.4) is 0 Å². The van der Waals surface area contributed by atoms with E-state index >= 15 is 0 Å². The molecule has 5 aromatic rings. The van der Waals surface area contributed by atoms with Crippen molar-refractivity contribution in [3.63, 3.8) is 0 Å². The number of hydrazine groups is 2. The summed E-state index contributed by atoms with van der Waals surface area (Å²) < 4.78 is 7.88. The zero-order valence-corrected chi connectivity index (χ0v) is 26.7. The zero-order valence-electron chi connectivity index (χ0n) is 23.3. The molecule has 2 heterocycles. The van der Waals surface area contributed by atoms with Gasteiger partial charge < -0.3 is 0 Å². The van der Waals surface area contributed by atoms with Crippen molar-refractivity contribution in [3.8, 4) is 0 Å². The van der Waals surface area contributed by atoms with Gasteiger partial charge in [0.15, 0.2) is 11.7 Å². The predicted molar refractivity (Wildman–Crippen MR) is 190 cm³/mol. The fourth-order valence-electron chi connectivity index (χ4n) is 4.70. The summed E-state index contributed by atoms with van der Waals surface area (Å²) in [6.07, 6.45) is 0. The van der Waals surface area contributed by atoms with Crippen LogP contribution in [-0.2, 0) is 23.6 Å². The Kier molecular flexibility index (Phi) is 7.97. The molecule has 0 amide bonds. The Morgan fingerprint density at radius 1 is 0.409 bits per heavy atom. The van der Waals surface area contributed by atoms with Crippen molar-refractivity contribution in [2.24, 2.45) is 10.2 Å². The van der Waals surface area contributed by atoms with Crippen LogP contribution in [0.4, 0.5) is 22.7 Å². The molecule has 2 unspecified atom stereocenters. The molecule has 0 fully saturated rings. The molecule has 12 heteroatoms. The molecule has 0 spiro atoms. The minimum atomic E-state index is -1.26. The topological polar surface area (TPSA) is 61.7 Å². The number of anilines is 4. The molecule has 2 atom stereocenters. The highest BCUT2D eigenvalue weighted by atomic mass is 32.4. The number of nitrogens with zero attached hydrogens (tertiary/aromatic N) is 6. The van der Waals surface area contributed by atoms with Gasteiger partial charge in [0.2, 0.25) is 23.6 Å². The first-order valence-corrected chi connectivity index (χ1v) is 18.3. The number of benzene rings is 5. The van der Waals surface area contributed by atoms with Gasteiger partial charge in [-0.05, 0) is 58.1 Å². The van der Waals surface area contributed by atoms with Gasteiger partial charge in [0.25, 0.3) is 0 Å². The average Bonchev–Trinajstić information content (AvgIpc) is 3.10. The third-order valence-corrected chi connectivity index (χ3v) is 11.4. The van der Waals surface area contributed by atoms with Gasteiger partial charge in [0, 0.05) is 11.1 Å². The molecule has 2 N–H and O–H groups in total. The van der Waals surface area contributed by atoms with Gasteiger partial charge in [-0.15, -0.1) is 10.2 Å². The summed E-state index contributed by atoms with van der Waals surface area (Å²) in [7, 11) is 0. The van der Waals surface area contributed by atoms with E-state index in [1.54, 1.807) is 0 Å². The molecule has 0 aliphatic carbocycles. The fraction of sp³-hybridized carbons (Fsp3) is 0. The Bertz CT molecular complexity index is 1720. The highest BCUT2D eigenvalue weighted by Gasteiger charge is 2.40. The van der Waals surface area contributed by atoms with Gasteiger partial charge >= 0.3 is 14.0 Å². The van der Waals surface area contributed by atoms with Crippen LogP contribution in [0.2, 0.25) is 0 Å². The Morgan fingerprint density at radius 3 is 1.02 bits per heavy atom. The summed E-state index contributed by atoms with van der Waals surface area (Å²) in [4.78, 5) is 0. The summed E-state index contributed by atoms with van der Waals surface area (Å²) in [5.74, 6) is 1.38. The van der Waals surface area contributed by atoms with Crippen LogP contribution in [0.25, 0.3) is 0 Å². The maximum Gasteiger partial charge on any atom is 0.467 e. The first-order chi connectivity index (χ1) is 21.7. The van der Waals surface area contributed by atoms with E-state index < -0.39 is 14.0 Å². The standard InChI is InChI=1S/C32H26N8P2S2/c43-41-37(27-13-5-1-6-14-27)33-31(34-38(41)28-15-7-2-8-16-28)25-21-23-26(24-22-25)32-35-39(29-17-9-3-10-18-29)42(44)40(36-32)30-19-11-4-12-20-30/h1-24H,(H,33,34)(H,35,36)/q+2. The molecule has 214 valence electrons. The van der Waals surface area contributed by atoms with Gasteiger partial charge in [-0.3, -0.25) is 0 Å². The lowest BCUT2D eigenvalue weighted by Crippen LogP contribution is -2.45. The number of amidine groups is 2. The van der Waals surface area contributed by atoms with Crippen LogP contribution in [-0.4, -0.2) is 11.7 Å². The largest absolute Gasteiger partial charge is 0.467 e. The van der Waals surface area contributed by atoms with E-state index in [0.29, 0.717) is 11.7 Å². The minimum Gasteiger partial charge on any atom is -0.239 e. The van der Waals surface area contributed by atoms with Crippen molar-refractivity contribution in [1.29, 1.82) is 0 Å². The molecule has 0 saturated carbocycles. The second kappa shape index (κ2) is 12.5. The monoisotopic (exact) mass is 648 g/mol. The predicted octanol–water partition coefficient (Wildman–Crippen LogP) is 7.62. The number of nitrogens with one attached hydrogen (secondary N) is 2. The summed E-state index contributed by atoms with van der Waals surface area (Å²) in [6.45, 7) is -2.52. The fourth-order valence-corrected chi connectivity index (χ4v) is 8.65. The van der Waals surface area contributed by atoms with Crippen molar-refractivity contribution in [3.05, 3.63) is 157 Å². The number of hydrogen-bond acceptors (Lipinski definition) is 6. The smallest absolute Gasteiger partial charge is 0.239 e. The highest BCUT2D eigenvalue weighted by Crippen LogP contribution is 2.43. The van der Waals surface area contributed by atoms with Gasteiger partial charge in [-0.2, -0.15) is 0 Å². The van der Waals surface area contributed by atoms with Gasteiger partial charge in [0.1, 0.15) is 22.7 Å². The number of hydrazone groups is 2. The number of para-hydroxylation sites is 4.